The molecule has 1 rings (SSSR count). The minimum absolute atomic E-state index is 0.188. The highest BCUT2D eigenvalue weighted by Crippen LogP contribution is 2.24. The minimum Gasteiger partial charge on any atom is -0.356 e. The van der Waals surface area contributed by atoms with Gasteiger partial charge >= 0.3 is 0 Å². The molecule has 0 aromatic carbocycles. The van der Waals surface area contributed by atoms with Crippen LogP contribution in [0.1, 0.15) is 34.1 Å². The van der Waals surface area contributed by atoms with E-state index < -0.39 is 0 Å². The molecule has 1 fully saturated rings. The van der Waals surface area contributed by atoms with Gasteiger partial charge in [0.2, 0.25) is 5.91 Å². The Morgan fingerprint density at radius 1 is 1.47 bits per heavy atom. The molecule has 0 unspecified atom stereocenters. The Hall–Kier alpha value is -0.570. The summed E-state index contributed by atoms with van der Waals surface area (Å²) in [5.74, 6) is 1.35. The van der Waals surface area contributed by atoms with Crippen LogP contribution in [0.15, 0.2) is 0 Å². The van der Waals surface area contributed by atoms with Gasteiger partial charge in [-0.2, -0.15) is 0 Å². The predicted octanol–water partition coefficient (Wildman–Crippen LogP) is 1.39. The van der Waals surface area contributed by atoms with E-state index in [1.807, 2.05) is 0 Å². The third-order valence-corrected chi connectivity index (χ3v) is 3.64. The molecule has 2 N–H and O–H groups in total. The lowest BCUT2D eigenvalue weighted by atomic mass is 9.81. The van der Waals surface area contributed by atoms with Crippen LogP contribution in [-0.4, -0.2) is 25.5 Å². The van der Waals surface area contributed by atoms with Gasteiger partial charge in [0.1, 0.15) is 0 Å². The van der Waals surface area contributed by atoms with Gasteiger partial charge in [0, 0.05) is 13.0 Å². The van der Waals surface area contributed by atoms with Crippen LogP contribution in [-0.2, 0) is 4.79 Å². The van der Waals surface area contributed by atoms with E-state index in [9.17, 15) is 4.79 Å². The Morgan fingerprint density at radius 2 is 2.07 bits per heavy atom. The van der Waals surface area contributed by atoms with E-state index in [0.717, 1.165) is 19.6 Å². The average Bonchev–Trinajstić information content (AvgIpc) is 2.08. The predicted molar refractivity (Wildman–Crippen MR) is 62.6 cm³/mol. The second kappa shape index (κ2) is 4.97. The Labute approximate surface area is 93.0 Å². The normalized spacial score (nSPS) is 17.7. The van der Waals surface area contributed by atoms with Gasteiger partial charge in [-0.3, -0.25) is 4.79 Å². The van der Waals surface area contributed by atoms with Crippen molar-refractivity contribution in [3.8, 4) is 0 Å². The van der Waals surface area contributed by atoms with Crippen molar-refractivity contribution >= 4 is 5.91 Å². The second-order valence-electron chi connectivity index (χ2n) is 5.65. The van der Waals surface area contributed by atoms with Crippen molar-refractivity contribution < 1.29 is 4.79 Å². The Bertz CT molecular complexity index is 220. The molecule has 88 valence electrons. The van der Waals surface area contributed by atoms with Crippen LogP contribution in [0, 0.1) is 17.3 Å². The second-order valence-corrected chi connectivity index (χ2v) is 5.65. The van der Waals surface area contributed by atoms with Crippen molar-refractivity contribution in [3.05, 3.63) is 0 Å². The summed E-state index contributed by atoms with van der Waals surface area (Å²) >= 11 is 0. The van der Waals surface area contributed by atoms with Gasteiger partial charge in [-0.1, -0.05) is 27.7 Å². The van der Waals surface area contributed by atoms with Crippen LogP contribution in [0.3, 0.4) is 0 Å². The highest BCUT2D eigenvalue weighted by molar-refractivity contribution is 5.76. The monoisotopic (exact) mass is 212 g/mol. The molecule has 0 radical (unpaired) electrons. The van der Waals surface area contributed by atoms with Gasteiger partial charge in [0.05, 0.1) is 0 Å². The standard InChI is InChI=1S/C12H24N2O/c1-9(2)12(3,4)8-14-11(15)5-10-6-13-7-10/h9-10,13H,5-8H2,1-4H3,(H,14,15). The van der Waals surface area contributed by atoms with Gasteiger partial charge < -0.3 is 10.6 Å². The SMILES string of the molecule is CC(C)C(C)(C)CNC(=O)CC1CNC1. The molecule has 0 atom stereocenters. The van der Waals surface area contributed by atoms with E-state index in [0.29, 0.717) is 18.3 Å². The van der Waals surface area contributed by atoms with Crippen molar-refractivity contribution in [2.75, 3.05) is 19.6 Å². The van der Waals surface area contributed by atoms with E-state index >= 15 is 0 Å². The molecule has 0 bridgehead atoms. The Morgan fingerprint density at radius 3 is 2.47 bits per heavy atom. The molecule has 1 aliphatic rings. The zero-order chi connectivity index (χ0) is 11.5. The Kier molecular flexibility index (Phi) is 4.14. The third-order valence-electron chi connectivity index (χ3n) is 3.64. The first-order valence-electron chi connectivity index (χ1n) is 5.89. The quantitative estimate of drug-likeness (QED) is 0.723. The first-order chi connectivity index (χ1) is 6.92. The number of hydrogen-bond donors (Lipinski definition) is 2. The summed E-state index contributed by atoms with van der Waals surface area (Å²) in [5, 5.41) is 6.21. The van der Waals surface area contributed by atoms with Crippen molar-refractivity contribution in [2.24, 2.45) is 17.3 Å². The zero-order valence-corrected chi connectivity index (χ0v) is 10.4. The van der Waals surface area contributed by atoms with E-state index in [1.54, 1.807) is 0 Å². The fourth-order valence-electron chi connectivity index (χ4n) is 1.36. The molecule has 1 saturated heterocycles. The molecule has 0 saturated carbocycles. The van der Waals surface area contributed by atoms with E-state index in [-0.39, 0.29) is 11.3 Å². The van der Waals surface area contributed by atoms with Crippen molar-refractivity contribution in [1.82, 2.24) is 10.6 Å². The maximum Gasteiger partial charge on any atom is 0.220 e. The average molecular weight is 212 g/mol. The number of carbonyl (C=O) groups excluding carboxylic acids is 1. The molecule has 15 heavy (non-hydrogen) atoms. The van der Waals surface area contributed by atoms with Gasteiger partial charge in [-0.25, -0.2) is 0 Å². The summed E-state index contributed by atoms with van der Waals surface area (Å²) in [5.41, 5.74) is 0.188. The van der Waals surface area contributed by atoms with Crippen molar-refractivity contribution in [3.63, 3.8) is 0 Å². The number of rotatable bonds is 5. The lowest BCUT2D eigenvalue weighted by molar-refractivity contribution is -0.122. The number of nitrogens with one attached hydrogen (secondary N) is 2. The van der Waals surface area contributed by atoms with Gasteiger partial charge in [0.15, 0.2) is 0 Å². The fraction of sp³-hybridized carbons (Fsp3) is 0.917. The summed E-state index contributed by atoms with van der Waals surface area (Å²) in [6.07, 6.45) is 0.682. The summed E-state index contributed by atoms with van der Waals surface area (Å²) in [4.78, 5) is 11.6. The van der Waals surface area contributed by atoms with Crippen molar-refractivity contribution in [1.29, 1.82) is 0 Å². The van der Waals surface area contributed by atoms with Crippen LogP contribution in [0.5, 0.6) is 0 Å². The van der Waals surface area contributed by atoms with Crippen LogP contribution >= 0.6 is 0 Å². The van der Waals surface area contributed by atoms with Gasteiger partial charge in [-0.05, 0) is 30.3 Å². The molecule has 3 nitrogen and oxygen atoms in total. The fourth-order valence-corrected chi connectivity index (χ4v) is 1.36. The van der Waals surface area contributed by atoms with Crippen LogP contribution in [0.2, 0.25) is 0 Å². The van der Waals surface area contributed by atoms with E-state index in [1.165, 1.54) is 0 Å². The molecule has 1 heterocycles. The maximum absolute atomic E-state index is 11.6. The van der Waals surface area contributed by atoms with E-state index in [4.69, 9.17) is 0 Å². The van der Waals surface area contributed by atoms with Crippen molar-refractivity contribution in [2.45, 2.75) is 34.1 Å². The number of carbonyl (C=O) groups is 1. The summed E-state index contributed by atoms with van der Waals surface area (Å²) in [6.45, 7) is 11.6. The molecule has 0 aliphatic carbocycles. The lowest BCUT2D eigenvalue weighted by Crippen LogP contribution is -2.45. The van der Waals surface area contributed by atoms with Gasteiger partial charge in [0.25, 0.3) is 0 Å². The van der Waals surface area contributed by atoms with Crippen LogP contribution in [0.4, 0.5) is 0 Å². The summed E-state index contributed by atoms with van der Waals surface area (Å²) < 4.78 is 0. The number of amides is 1. The topological polar surface area (TPSA) is 41.1 Å². The zero-order valence-electron chi connectivity index (χ0n) is 10.4. The molecule has 0 aromatic heterocycles. The maximum atomic E-state index is 11.6. The lowest BCUT2D eigenvalue weighted by Gasteiger charge is -2.31. The Balaban J connectivity index is 2.20. The van der Waals surface area contributed by atoms with Crippen LogP contribution < -0.4 is 10.6 Å². The molecule has 1 amide bonds. The van der Waals surface area contributed by atoms with E-state index in [2.05, 4.69) is 38.3 Å². The highest BCUT2D eigenvalue weighted by atomic mass is 16.1. The molecule has 0 aromatic rings. The summed E-state index contributed by atoms with van der Waals surface area (Å²) in [7, 11) is 0. The molecule has 3 heteroatoms. The number of hydrogen-bond acceptors (Lipinski definition) is 2. The highest BCUT2D eigenvalue weighted by Gasteiger charge is 2.24. The first kappa shape index (κ1) is 12.5. The molecular formula is C12H24N2O. The minimum atomic E-state index is 0.188. The molecular weight excluding hydrogens is 188 g/mol. The largest absolute Gasteiger partial charge is 0.356 e. The first-order valence-corrected chi connectivity index (χ1v) is 5.89. The molecule has 1 aliphatic heterocycles. The smallest absolute Gasteiger partial charge is 0.220 e. The third kappa shape index (κ3) is 3.82. The van der Waals surface area contributed by atoms with Crippen LogP contribution in [0.25, 0.3) is 0 Å². The van der Waals surface area contributed by atoms with Gasteiger partial charge in [-0.15, -0.1) is 0 Å². The summed E-state index contributed by atoms with van der Waals surface area (Å²) in [6, 6.07) is 0. The molecule has 0 spiro atoms.